The second-order valence-electron chi connectivity index (χ2n) is 13.9. The van der Waals surface area contributed by atoms with Gasteiger partial charge >= 0.3 is 0 Å². The van der Waals surface area contributed by atoms with Gasteiger partial charge in [-0.1, -0.05) is 50.7 Å². The van der Waals surface area contributed by atoms with Crippen LogP contribution in [0.4, 0.5) is 0 Å². The highest BCUT2D eigenvalue weighted by Gasteiger charge is 2.76. The Morgan fingerprint density at radius 1 is 0.571 bits per heavy atom. The molecule has 0 radical (unpaired) electrons. The highest BCUT2D eigenvalue weighted by molar-refractivity contribution is 5.27. The third-order valence-electron chi connectivity index (χ3n) is 12.0. The molecule has 0 amide bonds. The van der Waals surface area contributed by atoms with Crippen molar-refractivity contribution in [1.82, 2.24) is 0 Å². The minimum atomic E-state index is -0.870. The van der Waals surface area contributed by atoms with Crippen molar-refractivity contribution in [3.8, 4) is 0 Å². The van der Waals surface area contributed by atoms with Crippen LogP contribution in [-0.2, 0) is 28.4 Å². The SMILES string of the molecule is CC=C1COC(C2CCCC2)(C2CC=CC(C3(C4CCCC4)OCC(=CC)O3)(C3(C4CCCC4)OCC(=CC)O3)C2)O1. The Balaban J connectivity index is 1.42. The van der Waals surface area contributed by atoms with Gasteiger partial charge in [-0.2, -0.15) is 0 Å². The molecule has 3 heterocycles. The van der Waals surface area contributed by atoms with Gasteiger partial charge in [-0.05, 0) is 90.4 Å². The van der Waals surface area contributed by atoms with E-state index in [0.717, 1.165) is 68.6 Å². The smallest absolute Gasteiger partial charge is 0.229 e. The molecule has 0 N–H and O–H groups in total. The molecule has 3 saturated carbocycles. The lowest BCUT2D eigenvalue weighted by Gasteiger charge is -2.59. The molecule has 3 aliphatic heterocycles. The molecule has 6 heteroatoms. The van der Waals surface area contributed by atoms with Crippen LogP contribution in [0.2, 0.25) is 0 Å². The molecule has 0 aromatic carbocycles. The topological polar surface area (TPSA) is 55.4 Å². The fraction of sp³-hybridized carbons (Fsp3) is 0.778. The van der Waals surface area contributed by atoms with E-state index >= 15 is 0 Å². The van der Waals surface area contributed by atoms with E-state index in [9.17, 15) is 0 Å². The van der Waals surface area contributed by atoms with Crippen LogP contribution < -0.4 is 0 Å². The van der Waals surface area contributed by atoms with Crippen molar-refractivity contribution in [1.29, 1.82) is 0 Å². The van der Waals surface area contributed by atoms with Crippen LogP contribution in [0, 0.1) is 29.1 Å². The van der Waals surface area contributed by atoms with Gasteiger partial charge in [0.25, 0.3) is 0 Å². The maximum Gasteiger partial charge on any atom is 0.229 e. The summed E-state index contributed by atoms with van der Waals surface area (Å²) in [7, 11) is 0. The number of ether oxygens (including phenoxy) is 6. The predicted molar refractivity (Wildman–Crippen MR) is 161 cm³/mol. The maximum atomic E-state index is 7.22. The molecular weight excluding hydrogens is 528 g/mol. The van der Waals surface area contributed by atoms with Gasteiger partial charge in [0, 0.05) is 23.7 Å². The Morgan fingerprint density at radius 3 is 1.48 bits per heavy atom. The Morgan fingerprint density at radius 2 is 1.02 bits per heavy atom. The molecule has 4 unspecified atom stereocenters. The van der Waals surface area contributed by atoms with Gasteiger partial charge in [0.2, 0.25) is 17.4 Å². The average molecular weight is 581 g/mol. The van der Waals surface area contributed by atoms with Gasteiger partial charge in [0.15, 0.2) is 0 Å². The van der Waals surface area contributed by atoms with Crippen molar-refractivity contribution in [2.75, 3.05) is 19.8 Å². The van der Waals surface area contributed by atoms with E-state index in [1.165, 1.54) is 38.5 Å². The zero-order chi connectivity index (χ0) is 28.8. The van der Waals surface area contributed by atoms with E-state index in [1.54, 1.807) is 0 Å². The summed E-state index contributed by atoms with van der Waals surface area (Å²) in [6, 6.07) is 0. The molecular formula is C36H52O6. The minimum Gasteiger partial charge on any atom is -0.464 e. The molecule has 0 aromatic rings. The molecule has 6 fully saturated rings. The van der Waals surface area contributed by atoms with Crippen LogP contribution in [0.3, 0.4) is 0 Å². The number of hydrogen-bond donors (Lipinski definition) is 0. The van der Waals surface area contributed by atoms with Crippen LogP contribution >= 0.6 is 0 Å². The van der Waals surface area contributed by atoms with Crippen LogP contribution in [0.1, 0.15) is 111 Å². The summed E-state index contributed by atoms with van der Waals surface area (Å²) in [6.45, 7) is 7.74. The molecule has 7 aliphatic rings. The first-order valence-electron chi connectivity index (χ1n) is 17.2. The van der Waals surface area contributed by atoms with Gasteiger partial charge in [-0.3, -0.25) is 0 Å². The number of rotatable bonds is 6. The van der Waals surface area contributed by atoms with E-state index in [0.29, 0.717) is 25.7 Å². The third kappa shape index (κ3) is 4.21. The van der Waals surface area contributed by atoms with Gasteiger partial charge in [-0.25, -0.2) is 0 Å². The molecule has 232 valence electrons. The summed E-state index contributed by atoms with van der Waals surface area (Å²) in [6.07, 6.45) is 26.8. The van der Waals surface area contributed by atoms with Crippen molar-refractivity contribution >= 4 is 0 Å². The van der Waals surface area contributed by atoms with Crippen molar-refractivity contribution in [3.63, 3.8) is 0 Å². The maximum absolute atomic E-state index is 7.22. The van der Waals surface area contributed by atoms with E-state index in [4.69, 9.17) is 28.4 Å². The van der Waals surface area contributed by atoms with Crippen molar-refractivity contribution in [3.05, 3.63) is 47.7 Å². The number of allylic oxidation sites excluding steroid dienone is 4. The quantitative estimate of drug-likeness (QED) is 0.294. The molecule has 0 spiro atoms. The Labute approximate surface area is 252 Å². The number of hydrogen-bond acceptors (Lipinski definition) is 6. The van der Waals surface area contributed by atoms with Gasteiger partial charge in [0.05, 0.1) is 0 Å². The summed E-state index contributed by atoms with van der Waals surface area (Å²) in [5, 5.41) is 0. The fourth-order valence-corrected chi connectivity index (χ4v) is 10.0. The summed E-state index contributed by atoms with van der Waals surface area (Å²) in [5.74, 6) is 1.46. The van der Waals surface area contributed by atoms with Gasteiger partial charge in [-0.15, -0.1) is 0 Å². The molecule has 6 nitrogen and oxygen atoms in total. The summed E-state index contributed by atoms with van der Waals surface area (Å²) < 4.78 is 42.5. The van der Waals surface area contributed by atoms with E-state index in [-0.39, 0.29) is 17.8 Å². The first kappa shape index (κ1) is 29.0. The lowest BCUT2D eigenvalue weighted by molar-refractivity contribution is -0.366. The standard InChI is InChI=1S/C36H52O6/c1-4-30-23-37-34(40-30,26-14-7-8-15-26)29-20-13-21-33(22-29,35(27-16-9-10-17-27)38-24-31(5-2)41-35)36(28-18-11-12-19-28)39-25-32(6-3)42-36/h4-6,13,21,26-29H,7-12,14-20,22-25H2,1-3H3. The van der Waals surface area contributed by atoms with Crippen molar-refractivity contribution in [2.24, 2.45) is 29.1 Å². The Kier molecular flexibility index (Phi) is 7.80. The largest absolute Gasteiger partial charge is 0.464 e. The van der Waals surface area contributed by atoms with Crippen LogP contribution in [0.25, 0.3) is 0 Å². The highest BCUT2D eigenvalue weighted by atomic mass is 16.8. The Bertz CT molecular complexity index is 1070. The van der Waals surface area contributed by atoms with Gasteiger partial charge < -0.3 is 28.4 Å². The second-order valence-corrected chi connectivity index (χ2v) is 13.9. The summed E-state index contributed by atoms with van der Waals surface area (Å²) >= 11 is 0. The van der Waals surface area contributed by atoms with Crippen molar-refractivity contribution < 1.29 is 28.4 Å². The van der Waals surface area contributed by atoms with Crippen LogP contribution in [0.15, 0.2) is 47.7 Å². The Hall–Kier alpha value is -1.76. The van der Waals surface area contributed by atoms with Crippen LogP contribution in [0.5, 0.6) is 0 Å². The highest BCUT2D eigenvalue weighted by Crippen LogP contribution is 2.68. The normalized spacial score (nSPS) is 44.5. The zero-order valence-electron chi connectivity index (χ0n) is 26.2. The third-order valence-corrected chi connectivity index (χ3v) is 12.0. The van der Waals surface area contributed by atoms with E-state index in [1.807, 2.05) is 0 Å². The summed E-state index contributed by atoms with van der Waals surface area (Å²) in [5.41, 5.74) is -0.667. The molecule has 0 bridgehead atoms. The molecule has 4 aliphatic carbocycles. The predicted octanol–water partition coefficient (Wildman–Crippen LogP) is 8.45. The van der Waals surface area contributed by atoms with Crippen LogP contribution in [-0.4, -0.2) is 37.2 Å². The average Bonchev–Trinajstić information content (AvgIpc) is 3.87. The van der Waals surface area contributed by atoms with Crippen molar-refractivity contribution in [2.45, 2.75) is 128 Å². The first-order valence-corrected chi connectivity index (χ1v) is 17.2. The fourth-order valence-electron chi connectivity index (χ4n) is 10.0. The molecule has 0 aromatic heterocycles. The minimum absolute atomic E-state index is 0.128. The monoisotopic (exact) mass is 580 g/mol. The molecule has 42 heavy (non-hydrogen) atoms. The summed E-state index contributed by atoms with van der Waals surface area (Å²) in [4.78, 5) is 0. The molecule has 3 saturated heterocycles. The van der Waals surface area contributed by atoms with Gasteiger partial charge in [0.1, 0.15) is 42.5 Å². The van der Waals surface area contributed by atoms with E-state index < -0.39 is 22.8 Å². The molecule has 4 atom stereocenters. The second kappa shape index (κ2) is 11.3. The lowest BCUT2D eigenvalue weighted by Crippen LogP contribution is -2.69. The van der Waals surface area contributed by atoms with E-state index in [2.05, 4.69) is 51.2 Å². The molecule has 7 rings (SSSR count). The zero-order valence-corrected chi connectivity index (χ0v) is 26.2. The lowest BCUT2D eigenvalue weighted by atomic mass is 9.55. The first-order chi connectivity index (χ1) is 20.5.